The molecule has 0 bridgehead atoms. The molecule has 0 amide bonds. The second-order valence-corrected chi connectivity index (χ2v) is 7.91. The van der Waals surface area contributed by atoms with Gasteiger partial charge in [0.25, 0.3) is 0 Å². The summed E-state index contributed by atoms with van der Waals surface area (Å²) in [5.41, 5.74) is 1.84. The monoisotopic (exact) mass is 377 g/mol. The minimum atomic E-state index is -3.73. The molecule has 3 aromatic rings. The van der Waals surface area contributed by atoms with E-state index >= 15 is 0 Å². The van der Waals surface area contributed by atoms with Crippen LogP contribution in [-0.4, -0.2) is 24.7 Å². The molecule has 1 unspecified atom stereocenters. The topological polar surface area (TPSA) is 77.1 Å². The zero-order valence-corrected chi connectivity index (χ0v) is 15.3. The largest absolute Gasteiger partial charge is 0.467 e. The van der Waals surface area contributed by atoms with Gasteiger partial charge in [-0.1, -0.05) is 18.2 Å². The summed E-state index contributed by atoms with van der Waals surface area (Å²) in [5.74, 6) is -0.384. The predicted octanol–water partition coefficient (Wildman–Crippen LogP) is 2.94. The number of hydrogen-bond acceptors (Lipinski definition) is 4. The third-order valence-corrected chi connectivity index (χ3v) is 5.31. The summed E-state index contributed by atoms with van der Waals surface area (Å²) in [4.78, 5) is 0. The van der Waals surface area contributed by atoms with Crippen LogP contribution in [-0.2, 0) is 15.8 Å². The van der Waals surface area contributed by atoms with Crippen LogP contribution in [0.15, 0.2) is 53.1 Å². The number of rotatable bonds is 7. The van der Waals surface area contributed by atoms with Crippen LogP contribution in [0, 0.1) is 19.7 Å². The summed E-state index contributed by atoms with van der Waals surface area (Å²) in [6, 6.07) is 10.8. The lowest BCUT2D eigenvalue weighted by molar-refractivity contribution is 0.396. The van der Waals surface area contributed by atoms with Crippen molar-refractivity contribution in [2.24, 2.45) is 0 Å². The van der Waals surface area contributed by atoms with E-state index < -0.39 is 27.6 Å². The van der Waals surface area contributed by atoms with Gasteiger partial charge in [0, 0.05) is 17.8 Å². The molecular formula is C18H20FN3O3S. The molecule has 0 saturated heterocycles. The second kappa shape index (κ2) is 7.43. The number of benzene rings is 1. The Bertz CT molecular complexity index is 981. The summed E-state index contributed by atoms with van der Waals surface area (Å²) >= 11 is 0. The normalized spacial score (nSPS) is 13.0. The Hall–Kier alpha value is -2.45. The standard InChI is InChI=1S/C18H20FN3O3S/c1-13-10-14(2)22(21-13)17(18-8-5-9-25-18)11-20-26(23,24)12-15-6-3-4-7-16(15)19/h3-10,17,20H,11-12H2,1-2H3. The first kappa shape index (κ1) is 18.3. The summed E-state index contributed by atoms with van der Waals surface area (Å²) in [7, 11) is -3.73. The summed E-state index contributed by atoms with van der Waals surface area (Å²) in [5, 5.41) is 4.43. The Balaban J connectivity index is 1.80. The molecule has 8 heteroatoms. The predicted molar refractivity (Wildman–Crippen MR) is 95.6 cm³/mol. The number of nitrogens with one attached hydrogen (secondary N) is 1. The van der Waals surface area contributed by atoms with Crippen molar-refractivity contribution < 1.29 is 17.2 Å². The van der Waals surface area contributed by atoms with Gasteiger partial charge < -0.3 is 4.42 Å². The maximum Gasteiger partial charge on any atom is 0.215 e. The van der Waals surface area contributed by atoms with Gasteiger partial charge in [-0.15, -0.1) is 0 Å². The molecule has 2 aromatic heterocycles. The minimum absolute atomic E-state index is 0.0479. The average Bonchev–Trinajstić information content (AvgIpc) is 3.20. The van der Waals surface area contributed by atoms with Gasteiger partial charge in [0.05, 0.1) is 17.7 Å². The van der Waals surface area contributed by atoms with Crippen LogP contribution in [0.5, 0.6) is 0 Å². The minimum Gasteiger partial charge on any atom is -0.467 e. The highest BCUT2D eigenvalue weighted by Gasteiger charge is 2.23. The summed E-state index contributed by atoms with van der Waals surface area (Å²) in [6.45, 7) is 3.81. The second-order valence-electron chi connectivity index (χ2n) is 6.10. The fraction of sp³-hybridized carbons (Fsp3) is 0.278. The van der Waals surface area contributed by atoms with Crippen molar-refractivity contribution in [1.29, 1.82) is 0 Å². The number of halogens is 1. The molecule has 1 N–H and O–H groups in total. The van der Waals surface area contributed by atoms with Crippen LogP contribution in [0.4, 0.5) is 4.39 Å². The van der Waals surface area contributed by atoms with Gasteiger partial charge in [-0.3, -0.25) is 4.68 Å². The van der Waals surface area contributed by atoms with Crippen molar-refractivity contribution in [3.05, 3.63) is 77.3 Å². The van der Waals surface area contributed by atoms with Crippen LogP contribution in [0.2, 0.25) is 0 Å². The fourth-order valence-corrected chi connectivity index (χ4v) is 3.98. The number of sulfonamides is 1. The Morgan fingerprint density at radius 2 is 2.00 bits per heavy atom. The highest BCUT2D eigenvalue weighted by atomic mass is 32.2. The first-order valence-corrected chi connectivity index (χ1v) is 9.78. The first-order valence-electron chi connectivity index (χ1n) is 8.12. The van der Waals surface area contributed by atoms with E-state index in [1.165, 1.54) is 24.5 Å². The Labute approximate surface area is 151 Å². The van der Waals surface area contributed by atoms with Crippen LogP contribution in [0.25, 0.3) is 0 Å². The van der Waals surface area contributed by atoms with E-state index in [4.69, 9.17) is 4.42 Å². The molecule has 0 spiro atoms. The van der Waals surface area contributed by atoms with Crippen LogP contribution in [0.1, 0.15) is 28.8 Å². The molecule has 138 valence electrons. The molecule has 0 aliphatic carbocycles. The number of aromatic nitrogens is 2. The number of furan rings is 1. The number of nitrogens with zero attached hydrogens (tertiary/aromatic N) is 2. The number of hydrogen-bond donors (Lipinski definition) is 1. The molecule has 3 rings (SSSR count). The summed E-state index contributed by atoms with van der Waals surface area (Å²) in [6.07, 6.45) is 1.53. The highest BCUT2D eigenvalue weighted by molar-refractivity contribution is 7.88. The Morgan fingerprint density at radius 3 is 2.62 bits per heavy atom. The van der Waals surface area contributed by atoms with E-state index in [1.54, 1.807) is 22.9 Å². The van der Waals surface area contributed by atoms with Crippen molar-refractivity contribution >= 4 is 10.0 Å². The molecule has 1 aromatic carbocycles. The van der Waals surface area contributed by atoms with E-state index in [1.807, 2.05) is 19.9 Å². The molecule has 0 saturated carbocycles. The quantitative estimate of drug-likeness (QED) is 0.687. The van der Waals surface area contributed by atoms with E-state index in [0.717, 1.165) is 11.4 Å². The van der Waals surface area contributed by atoms with Crippen molar-refractivity contribution in [2.75, 3.05) is 6.54 Å². The van der Waals surface area contributed by atoms with Crippen molar-refractivity contribution in [3.8, 4) is 0 Å². The van der Waals surface area contributed by atoms with E-state index in [2.05, 4.69) is 9.82 Å². The van der Waals surface area contributed by atoms with Gasteiger partial charge in [-0.25, -0.2) is 17.5 Å². The molecule has 0 aliphatic heterocycles. The van der Waals surface area contributed by atoms with Crippen molar-refractivity contribution in [2.45, 2.75) is 25.6 Å². The van der Waals surface area contributed by atoms with Crippen molar-refractivity contribution in [3.63, 3.8) is 0 Å². The highest BCUT2D eigenvalue weighted by Crippen LogP contribution is 2.21. The molecular weight excluding hydrogens is 357 g/mol. The SMILES string of the molecule is Cc1cc(C)n(C(CNS(=O)(=O)Cc2ccccc2F)c2ccco2)n1. The lowest BCUT2D eigenvalue weighted by Gasteiger charge is -2.18. The Morgan fingerprint density at radius 1 is 1.23 bits per heavy atom. The van der Waals surface area contributed by atoms with Gasteiger partial charge in [-0.05, 0) is 38.1 Å². The van der Waals surface area contributed by atoms with Gasteiger partial charge in [-0.2, -0.15) is 5.10 Å². The molecule has 6 nitrogen and oxygen atoms in total. The molecule has 0 fully saturated rings. The lowest BCUT2D eigenvalue weighted by Crippen LogP contribution is -2.33. The fourth-order valence-electron chi connectivity index (χ4n) is 2.83. The van der Waals surface area contributed by atoms with Crippen molar-refractivity contribution in [1.82, 2.24) is 14.5 Å². The molecule has 0 radical (unpaired) electrons. The van der Waals surface area contributed by atoms with Gasteiger partial charge >= 0.3 is 0 Å². The molecule has 26 heavy (non-hydrogen) atoms. The van der Waals surface area contributed by atoms with Crippen LogP contribution in [0.3, 0.4) is 0 Å². The maximum absolute atomic E-state index is 13.7. The summed E-state index contributed by atoms with van der Waals surface area (Å²) < 4.78 is 48.3. The smallest absolute Gasteiger partial charge is 0.215 e. The third kappa shape index (κ3) is 4.20. The van der Waals surface area contributed by atoms with Crippen LogP contribution < -0.4 is 4.72 Å². The molecule has 2 heterocycles. The first-order chi connectivity index (χ1) is 12.4. The number of aryl methyl sites for hydroxylation is 2. The van der Waals surface area contributed by atoms with E-state index in [-0.39, 0.29) is 12.1 Å². The zero-order valence-electron chi connectivity index (χ0n) is 14.5. The Kier molecular flexibility index (Phi) is 5.24. The van der Waals surface area contributed by atoms with E-state index in [0.29, 0.717) is 5.76 Å². The third-order valence-electron chi connectivity index (χ3n) is 4.01. The van der Waals surface area contributed by atoms with Crippen LogP contribution >= 0.6 is 0 Å². The van der Waals surface area contributed by atoms with Gasteiger partial charge in [0.1, 0.15) is 17.6 Å². The molecule has 1 atom stereocenters. The van der Waals surface area contributed by atoms with Gasteiger partial charge in [0.15, 0.2) is 0 Å². The molecule has 0 aliphatic rings. The lowest BCUT2D eigenvalue weighted by atomic mass is 10.2. The average molecular weight is 377 g/mol. The van der Waals surface area contributed by atoms with E-state index in [9.17, 15) is 12.8 Å². The maximum atomic E-state index is 13.7. The zero-order chi connectivity index (χ0) is 18.7. The van der Waals surface area contributed by atoms with Gasteiger partial charge in [0.2, 0.25) is 10.0 Å².